The van der Waals surface area contributed by atoms with Crippen molar-refractivity contribution in [1.29, 1.82) is 0 Å². The first-order valence-electron chi connectivity index (χ1n) is 7.35. The van der Waals surface area contributed by atoms with Crippen molar-refractivity contribution in [2.45, 2.75) is 31.2 Å². The molecular formula is C15H24N2O3S. The zero-order chi connectivity index (χ0) is 15.3. The van der Waals surface area contributed by atoms with Gasteiger partial charge in [-0.1, -0.05) is 12.1 Å². The molecule has 5 nitrogen and oxygen atoms in total. The summed E-state index contributed by atoms with van der Waals surface area (Å²) < 4.78 is 33.1. The van der Waals surface area contributed by atoms with Crippen LogP contribution in [0.1, 0.15) is 24.0 Å². The van der Waals surface area contributed by atoms with Gasteiger partial charge in [-0.2, -0.15) is 0 Å². The molecule has 21 heavy (non-hydrogen) atoms. The Morgan fingerprint density at radius 3 is 2.86 bits per heavy atom. The van der Waals surface area contributed by atoms with Crippen molar-refractivity contribution in [2.75, 3.05) is 26.8 Å². The predicted octanol–water partition coefficient (Wildman–Crippen LogP) is 1.42. The molecule has 1 heterocycles. The minimum atomic E-state index is -3.46. The molecule has 0 aromatic heterocycles. The van der Waals surface area contributed by atoms with Gasteiger partial charge in [-0.15, -0.1) is 0 Å². The van der Waals surface area contributed by atoms with Crippen LogP contribution in [0.5, 0.6) is 0 Å². The van der Waals surface area contributed by atoms with Gasteiger partial charge in [0.15, 0.2) is 0 Å². The summed E-state index contributed by atoms with van der Waals surface area (Å²) in [5, 5.41) is 3.06. The van der Waals surface area contributed by atoms with Gasteiger partial charge in [0.1, 0.15) is 0 Å². The van der Waals surface area contributed by atoms with Gasteiger partial charge in [-0.05, 0) is 49.9 Å². The highest BCUT2D eigenvalue weighted by atomic mass is 32.2. The highest BCUT2D eigenvalue weighted by molar-refractivity contribution is 7.89. The van der Waals surface area contributed by atoms with Gasteiger partial charge in [0.2, 0.25) is 10.0 Å². The maximum absolute atomic E-state index is 12.5. The van der Waals surface area contributed by atoms with Crippen LogP contribution >= 0.6 is 0 Å². The highest BCUT2D eigenvalue weighted by Crippen LogP contribution is 2.20. The maximum atomic E-state index is 12.5. The van der Waals surface area contributed by atoms with Gasteiger partial charge in [0.05, 0.1) is 11.5 Å². The first-order valence-corrected chi connectivity index (χ1v) is 8.83. The molecule has 118 valence electrons. The third-order valence-electron chi connectivity index (χ3n) is 3.87. The molecule has 2 rings (SSSR count). The van der Waals surface area contributed by atoms with Crippen LogP contribution < -0.4 is 10.0 Å². The van der Waals surface area contributed by atoms with E-state index in [0.717, 1.165) is 30.6 Å². The molecule has 1 aromatic carbocycles. The van der Waals surface area contributed by atoms with Crippen molar-refractivity contribution in [3.8, 4) is 0 Å². The lowest BCUT2D eigenvalue weighted by molar-refractivity contribution is 0.0568. The van der Waals surface area contributed by atoms with E-state index in [1.54, 1.807) is 12.1 Å². The number of nitrogens with one attached hydrogen (secondary N) is 2. The summed E-state index contributed by atoms with van der Waals surface area (Å²) in [7, 11) is -1.62. The van der Waals surface area contributed by atoms with E-state index >= 15 is 0 Å². The minimum Gasteiger partial charge on any atom is -0.381 e. The summed E-state index contributed by atoms with van der Waals surface area (Å²) in [6.07, 6.45) is 2.02. The van der Waals surface area contributed by atoms with E-state index in [1.165, 1.54) is 0 Å². The van der Waals surface area contributed by atoms with Gasteiger partial charge in [0, 0.05) is 19.7 Å². The van der Waals surface area contributed by atoms with Crippen LogP contribution in [-0.2, 0) is 21.3 Å². The molecule has 1 aliphatic heterocycles. The molecule has 0 amide bonds. The van der Waals surface area contributed by atoms with E-state index in [-0.39, 0.29) is 5.92 Å². The molecule has 2 N–H and O–H groups in total. The fraction of sp³-hybridized carbons (Fsp3) is 0.600. The van der Waals surface area contributed by atoms with Crippen LogP contribution in [-0.4, -0.2) is 35.2 Å². The van der Waals surface area contributed by atoms with E-state index < -0.39 is 10.0 Å². The highest BCUT2D eigenvalue weighted by Gasteiger charge is 2.21. The smallest absolute Gasteiger partial charge is 0.240 e. The Labute approximate surface area is 127 Å². The zero-order valence-corrected chi connectivity index (χ0v) is 13.5. The second-order valence-electron chi connectivity index (χ2n) is 5.51. The second kappa shape index (κ2) is 7.35. The van der Waals surface area contributed by atoms with Crippen molar-refractivity contribution in [2.24, 2.45) is 5.92 Å². The van der Waals surface area contributed by atoms with Crippen LogP contribution in [0.25, 0.3) is 0 Å². The Balaban J connectivity index is 2.09. The molecule has 1 atom stereocenters. The van der Waals surface area contributed by atoms with E-state index in [0.29, 0.717) is 24.6 Å². The van der Waals surface area contributed by atoms with Crippen molar-refractivity contribution in [3.63, 3.8) is 0 Å². The lowest BCUT2D eigenvalue weighted by atomic mass is 10.0. The Morgan fingerprint density at radius 2 is 2.19 bits per heavy atom. The molecule has 1 fully saturated rings. The van der Waals surface area contributed by atoms with Crippen LogP contribution in [0.2, 0.25) is 0 Å². The standard InChI is InChI=1S/C15H24N2O3S/c1-12-14(10-16-2)6-3-7-15(12)21(18,19)17-9-13-5-4-8-20-11-13/h3,6-7,13,16-17H,4-5,8-11H2,1-2H3. The maximum Gasteiger partial charge on any atom is 0.240 e. The van der Waals surface area contributed by atoms with Gasteiger partial charge in [-0.3, -0.25) is 0 Å². The third kappa shape index (κ3) is 4.26. The van der Waals surface area contributed by atoms with Gasteiger partial charge < -0.3 is 10.1 Å². The van der Waals surface area contributed by atoms with E-state index in [1.807, 2.05) is 20.0 Å². The zero-order valence-electron chi connectivity index (χ0n) is 12.7. The number of hydrogen-bond acceptors (Lipinski definition) is 4. The third-order valence-corrected chi connectivity index (χ3v) is 5.44. The monoisotopic (exact) mass is 312 g/mol. The van der Waals surface area contributed by atoms with Gasteiger partial charge in [-0.25, -0.2) is 13.1 Å². The summed E-state index contributed by atoms with van der Waals surface area (Å²) in [5.74, 6) is 0.273. The molecular weight excluding hydrogens is 288 g/mol. The molecule has 1 saturated heterocycles. The average molecular weight is 312 g/mol. The number of ether oxygens (including phenoxy) is 1. The molecule has 1 unspecified atom stereocenters. The Hall–Kier alpha value is -0.950. The van der Waals surface area contributed by atoms with E-state index in [4.69, 9.17) is 4.74 Å². The lowest BCUT2D eigenvalue weighted by Gasteiger charge is -2.22. The first kappa shape index (κ1) is 16.4. The first-order chi connectivity index (χ1) is 10.0. The summed E-state index contributed by atoms with van der Waals surface area (Å²) in [5.41, 5.74) is 1.81. The molecule has 0 aliphatic carbocycles. The SMILES string of the molecule is CNCc1cccc(S(=O)(=O)NCC2CCCOC2)c1C. The van der Waals surface area contributed by atoms with Crippen LogP contribution in [0.15, 0.2) is 23.1 Å². The Bertz CT molecular complexity index is 566. The Kier molecular flexibility index (Phi) is 5.75. The summed E-state index contributed by atoms with van der Waals surface area (Å²) in [4.78, 5) is 0.368. The molecule has 0 saturated carbocycles. The topological polar surface area (TPSA) is 67.4 Å². The molecule has 0 radical (unpaired) electrons. The van der Waals surface area contributed by atoms with Gasteiger partial charge >= 0.3 is 0 Å². The fourth-order valence-electron chi connectivity index (χ4n) is 2.61. The summed E-state index contributed by atoms with van der Waals surface area (Å²) >= 11 is 0. The number of rotatable bonds is 6. The van der Waals surface area contributed by atoms with Crippen molar-refractivity contribution in [1.82, 2.24) is 10.0 Å². The van der Waals surface area contributed by atoms with Crippen LogP contribution in [0.3, 0.4) is 0 Å². The Morgan fingerprint density at radius 1 is 1.38 bits per heavy atom. The number of sulfonamides is 1. The van der Waals surface area contributed by atoms with Crippen molar-refractivity contribution < 1.29 is 13.2 Å². The molecule has 0 bridgehead atoms. The van der Waals surface area contributed by atoms with Crippen LogP contribution in [0.4, 0.5) is 0 Å². The number of hydrogen-bond donors (Lipinski definition) is 2. The quantitative estimate of drug-likeness (QED) is 0.834. The molecule has 1 aromatic rings. The second-order valence-corrected chi connectivity index (χ2v) is 7.24. The predicted molar refractivity (Wildman–Crippen MR) is 82.7 cm³/mol. The van der Waals surface area contributed by atoms with E-state index in [2.05, 4.69) is 10.0 Å². The average Bonchev–Trinajstić information content (AvgIpc) is 2.48. The molecule has 1 aliphatic rings. The van der Waals surface area contributed by atoms with Crippen molar-refractivity contribution in [3.05, 3.63) is 29.3 Å². The largest absolute Gasteiger partial charge is 0.381 e. The summed E-state index contributed by atoms with van der Waals surface area (Å²) in [6.45, 7) is 4.38. The number of benzene rings is 1. The lowest BCUT2D eigenvalue weighted by Crippen LogP contribution is -2.33. The van der Waals surface area contributed by atoms with Gasteiger partial charge in [0.25, 0.3) is 0 Å². The minimum absolute atomic E-state index is 0.273. The normalized spacial score (nSPS) is 19.6. The van der Waals surface area contributed by atoms with Crippen molar-refractivity contribution >= 4 is 10.0 Å². The van der Waals surface area contributed by atoms with Crippen LogP contribution in [0, 0.1) is 12.8 Å². The molecule has 6 heteroatoms. The fourth-order valence-corrected chi connectivity index (χ4v) is 4.01. The van der Waals surface area contributed by atoms with E-state index in [9.17, 15) is 8.42 Å². The summed E-state index contributed by atoms with van der Waals surface area (Å²) in [6, 6.07) is 5.39. The molecule has 0 spiro atoms.